The van der Waals surface area contributed by atoms with Gasteiger partial charge in [0.15, 0.2) is 9.84 Å². The van der Waals surface area contributed by atoms with E-state index in [0.717, 1.165) is 0 Å². The molecule has 0 aliphatic heterocycles. The summed E-state index contributed by atoms with van der Waals surface area (Å²) in [7, 11) is -3.10. The van der Waals surface area contributed by atoms with Gasteiger partial charge in [0, 0.05) is 0 Å². The molecule has 5 heteroatoms. The van der Waals surface area contributed by atoms with Crippen molar-refractivity contribution >= 4 is 9.84 Å². The third-order valence-corrected chi connectivity index (χ3v) is 3.78. The van der Waals surface area contributed by atoms with Crippen LogP contribution in [0.4, 0.5) is 0 Å². The minimum absolute atomic E-state index is 0.159. The van der Waals surface area contributed by atoms with Crippen molar-refractivity contribution in [1.29, 1.82) is 0 Å². The molecular weight excluding hydrogens is 166 g/mol. The monoisotopic (exact) mass is 181 g/mol. The highest BCUT2D eigenvalue weighted by atomic mass is 32.2. The first-order valence-electron chi connectivity index (χ1n) is 3.57. The summed E-state index contributed by atoms with van der Waals surface area (Å²) in [5, 5.41) is 7.98. The van der Waals surface area contributed by atoms with Crippen molar-refractivity contribution in [3.8, 4) is 0 Å². The molecule has 0 aromatic carbocycles. The zero-order valence-electron chi connectivity index (χ0n) is 6.66. The zero-order chi connectivity index (χ0) is 8.91. The molecule has 0 bridgehead atoms. The molecule has 0 heterocycles. The van der Waals surface area contributed by atoms with Crippen LogP contribution in [0.2, 0.25) is 0 Å². The Labute approximate surface area is 67.3 Å². The summed E-state index contributed by atoms with van der Waals surface area (Å²) in [6.45, 7) is 1.67. The van der Waals surface area contributed by atoms with E-state index in [2.05, 4.69) is 0 Å². The molecule has 11 heavy (non-hydrogen) atoms. The van der Waals surface area contributed by atoms with E-state index in [1.165, 1.54) is 0 Å². The Hall–Kier alpha value is -0.130. The molecule has 0 saturated heterocycles. The maximum atomic E-state index is 11.1. The first-order valence-corrected chi connectivity index (χ1v) is 5.28. The van der Waals surface area contributed by atoms with Gasteiger partial charge in [0.2, 0.25) is 0 Å². The number of sulfone groups is 1. The van der Waals surface area contributed by atoms with Gasteiger partial charge in [0.25, 0.3) is 0 Å². The van der Waals surface area contributed by atoms with Crippen molar-refractivity contribution in [3.63, 3.8) is 0 Å². The lowest BCUT2D eigenvalue weighted by atomic mass is 10.3. The first kappa shape index (κ1) is 10.9. The Balaban J connectivity index is 4.07. The maximum absolute atomic E-state index is 11.1. The van der Waals surface area contributed by atoms with Crippen molar-refractivity contribution in [2.24, 2.45) is 5.73 Å². The zero-order valence-corrected chi connectivity index (χ0v) is 7.47. The van der Waals surface area contributed by atoms with Crippen LogP contribution in [0.5, 0.6) is 0 Å². The molecule has 0 aromatic rings. The van der Waals surface area contributed by atoms with Crippen LogP contribution in [0, 0.1) is 0 Å². The van der Waals surface area contributed by atoms with Gasteiger partial charge in [-0.25, -0.2) is 8.42 Å². The Kier molecular flexibility index (Phi) is 4.63. The maximum Gasteiger partial charge on any atom is 0.155 e. The van der Waals surface area contributed by atoms with Crippen LogP contribution in [-0.4, -0.2) is 37.7 Å². The van der Waals surface area contributed by atoms with Gasteiger partial charge in [-0.15, -0.1) is 0 Å². The van der Waals surface area contributed by atoms with Crippen LogP contribution in [0.25, 0.3) is 0 Å². The fraction of sp³-hybridized carbons (Fsp3) is 1.00. The molecule has 0 aliphatic carbocycles. The number of hydrogen-bond acceptors (Lipinski definition) is 4. The van der Waals surface area contributed by atoms with E-state index in [9.17, 15) is 8.42 Å². The number of aliphatic hydroxyl groups is 1. The quantitative estimate of drug-likeness (QED) is 0.578. The first-order chi connectivity index (χ1) is 5.04. The molecule has 0 amide bonds. The van der Waals surface area contributed by atoms with Gasteiger partial charge in [0.05, 0.1) is 17.6 Å². The average Bonchev–Trinajstić information content (AvgIpc) is 1.88. The Morgan fingerprint density at radius 1 is 1.55 bits per heavy atom. The summed E-state index contributed by atoms with van der Waals surface area (Å²) in [5.74, 6) is -0.159. The van der Waals surface area contributed by atoms with E-state index in [0.29, 0.717) is 13.0 Å². The SMILES string of the molecule is CC(CCN)S(=O)(=O)CCO. The smallest absolute Gasteiger partial charge is 0.155 e. The van der Waals surface area contributed by atoms with Crippen molar-refractivity contribution < 1.29 is 13.5 Å². The van der Waals surface area contributed by atoms with Gasteiger partial charge in [-0.3, -0.25) is 0 Å². The molecule has 3 N–H and O–H groups in total. The van der Waals surface area contributed by atoms with Gasteiger partial charge in [-0.2, -0.15) is 0 Å². The highest BCUT2D eigenvalue weighted by Gasteiger charge is 2.18. The summed E-state index contributed by atoms with van der Waals surface area (Å²) in [6.07, 6.45) is 0.461. The molecule has 1 unspecified atom stereocenters. The van der Waals surface area contributed by atoms with Crippen molar-refractivity contribution in [1.82, 2.24) is 0 Å². The van der Waals surface area contributed by atoms with Crippen LogP contribution in [0.15, 0.2) is 0 Å². The van der Waals surface area contributed by atoms with Crippen molar-refractivity contribution in [2.75, 3.05) is 18.9 Å². The van der Waals surface area contributed by atoms with E-state index >= 15 is 0 Å². The molecule has 68 valence electrons. The summed E-state index contributed by atoms with van der Waals surface area (Å²) in [6, 6.07) is 0. The van der Waals surface area contributed by atoms with Crippen molar-refractivity contribution in [3.05, 3.63) is 0 Å². The molecule has 0 spiro atoms. The van der Waals surface area contributed by atoms with Gasteiger partial charge in [-0.05, 0) is 19.9 Å². The molecule has 0 aromatic heterocycles. The Morgan fingerprint density at radius 2 is 2.09 bits per heavy atom. The number of hydrogen-bond donors (Lipinski definition) is 2. The molecule has 4 nitrogen and oxygen atoms in total. The van der Waals surface area contributed by atoms with Crippen LogP contribution in [0.3, 0.4) is 0 Å². The second kappa shape index (κ2) is 4.69. The molecular formula is C6H15NO3S. The highest BCUT2D eigenvalue weighted by Crippen LogP contribution is 2.04. The third kappa shape index (κ3) is 3.69. The highest BCUT2D eigenvalue weighted by molar-refractivity contribution is 7.92. The van der Waals surface area contributed by atoms with Crippen LogP contribution < -0.4 is 5.73 Å². The normalized spacial score (nSPS) is 14.8. The third-order valence-electron chi connectivity index (χ3n) is 1.56. The van der Waals surface area contributed by atoms with Crippen LogP contribution in [0.1, 0.15) is 13.3 Å². The molecule has 0 saturated carbocycles. The summed E-state index contributed by atoms with van der Waals surface area (Å²) >= 11 is 0. The van der Waals surface area contributed by atoms with E-state index in [1.807, 2.05) is 0 Å². The number of rotatable bonds is 5. The molecule has 1 atom stereocenters. The fourth-order valence-electron chi connectivity index (χ4n) is 0.743. The molecule has 0 fully saturated rings. The molecule has 0 aliphatic rings. The molecule has 0 radical (unpaired) electrons. The largest absolute Gasteiger partial charge is 0.395 e. The van der Waals surface area contributed by atoms with Crippen LogP contribution in [-0.2, 0) is 9.84 Å². The van der Waals surface area contributed by atoms with Gasteiger partial charge in [-0.1, -0.05) is 0 Å². The second-order valence-corrected chi connectivity index (χ2v) is 5.02. The topological polar surface area (TPSA) is 80.4 Å². The lowest BCUT2D eigenvalue weighted by Gasteiger charge is -2.09. The van der Waals surface area contributed by atoms with E-state index < -0.39 is 15.1 Å². The fourth-order valence-corrected chi connectivity index (χ4v) is 1.89. The summed E-state index contributed by atoms with van der Waals surface area (Å²) in [5.41, 5.74) is 5.20. The van der Waals surface area contributed by atoms with Gasteiger partial charge >= 0.3 is 0 Å². The van der Waals surface area contributed by atoms with Crippen LogP contribution >= 0.6 is 0 Å². The van der Waals surface area contributed by atoms with E-state index in [-0.39, 0.29) is 12.4 Å². The molecule has 0 rings (SSSR count). The summed E-state index contributed by atoms with van der Waals surface area (Å²) in [4.78, 5) is 0. The Bertz CT molecular complexity index is 188. The lowest BCUT2D eigenvalue weighted by molar-refractivity contribution is 0.319. The standard InChI is InChI=1S/C6H15NO3S/c1-6(2-3-7)11(9,10)5-4-8/h6,8H,2-5,7H2,1H3. The minimum Gasteiger partial charge on any atom is -0.395 e. The van der Waals surface area contributed by atoms with Gasteiger partial charge in [0.1, 0.15) is 0 Å². The second-order valence-electron chi connectivity index (χ2n) is 2.48. The number of aliphatic hydroxyl groups excluding tert-OH is 1. The predicted molar refractivity (Wildman–Crippen MR) is 44.0 cm³/mol. The average molecular weight is 181 g/mol. The van der Waals surface area contributed by atoms with E-state index in [4.69, 9.17) is 10.8 Å². The van der Waals surface area contributed by atoms with E-state index in [1.54, 1.807) is 6.92 Å². The minimum atomic E-state index is -3.10. The predicted octanol–water partition coefficient (Wildman–Crippen LogP) is -0.869. The Morgan fingerprint density at radius 3 is 2.45 bits per heavy atom. The summed E-state index contributed by atoms with van der Waals surface area (Å²) < 4.78 is 22.2. The lowest BCUT2D eigenvalue weighted by Crippen LogP contribution is -2.25. The number of nitrogens with two attached hydrogens (primary N) is 1. The van der Waals surface area contributed by atoms with Gasteiger partial charge < -0.3 is 10.8 Å². The van der Waals surface area contributed by atoms with Crippen molar-refractivity contribution in [2.45, 2.75) is 18.6 Å².